The Labute approximate surface area is 185 Å². The van der Waals surface area contributed by atoms with E-state index in [1.807, 2.05) is 17.8 Å². The highest BCUT2D eigenvalue weighted by Gasteiger charge is 2.26. The summed E-state index contributed by atoms with van der Waals surface area (Å²) in [7, 11) is 1.80. The zero-order valence-corrected chi connectivity index (χ0v) is 19.8. The molecule has 1 heterocycles. The second-order valence-corrected chi connectivity index (χ2v) is 8.17. The van der Waals surface area contributed by atoms with E-state index in [1.165, 1.54) is 4.90 Å². The Bertz CT molecular complexity index is 585. The van der Waals surface area contributed by atoms with E-state index in [9.17, 15) is 4.79 Å². The van der Waals surface area contributed by atoms with Crippen molar-refractivity contribution in [3.63, 3.8) is 0 Å². The molecule has 0 aromatic heterocycles. The number of halogens is 1. The number of amides is 1. The second kappa shape index (κ2) is 13.3. The van der Waals surface area contributed by atoms with Crippen LogP contribution in [0.15, 0.2) is 40.2 Å². The van der Waals surface area contributed by atoms with Crippen LogP contribution >= 0.6 is 35.7 Å². The van der Waals surface area contributed by atoms with Crippen molar-refractivity contribution in [1.82, 2.24) is 15.5 Å². The summed E-state index contributed by atoms with van der Waals surface area (Å²) in [5.41, 5.74) is 0. The van der Waals surface area contributed by atoms with E-state index >= 15 is 0 Å². The van der Waals surface area contributed by atoms with Gasteiger partial charge in [0.25, 0.3) is 0 Å². The monoisotopic (exact) mass is 504 g/mol. The van der Waals surface area contributed by atoms with Gasteiger partial charge in [0.1, 0.15) is 0 Å². The molecular weight excluding hydrogens is 471 g/mol. The second-order valence-electron chi connectivity index (χ2n) is 6.66. The van der Waals surface area contributed by atoms with Gasteiger partial charge >= 0.3 is 0 Å². The molecule has 27 heavy (non-hydrogen) atoms. The van der Waals surface area contributed by atoms with Crippen LogP contribution in [0, 0.1) is 0 Å². The van der Waals surface area contributed by atoms with Gasteiger partial charge in [-0.1, -0.05) is 32.0 Å². The molecule has 0 radical (unpaired) electrons. The highest BCUT2D eigenvalue weighted by molar-refractivity contribution is 14.0. The van der Waals surface area contributed by atoms with E-state index < -0.39 is 0 Å². The summed E-state index contributed by atoms with van der Waals surface area (Å²) in [5, 5.41) is 7.23. The summed E-state index contributed by atoms with van der Waals surface area (Å²) < 4.78 is 0. The fourth-order valence-electron chi connectivity index (χ4n) is 3.23. The molecule has 0 bridgehead atoms. The fourth-order valence-corrected chi connectivity index (χ4v) is 4.17. The average molecular weight is 504 g/mol. The van der Waals surface area contributed by atoms with E-state index in [4.69, 9.17) is 0 Å². The number of aliphatic imine (C=N–C) groups is 1. The first-order valence-electron chi connectivity index (χ1n) is 9.59. The molecule has 1 amide bonds. The molecule has 1 aromatic carbocycles. The molecule has 1 fully saturated rings. The number of rotatable bonds is 9. The molecular formula is C20H33IN4OS. The summed E-state index contributed by atoms with van der Waals surface area (Å²) in [5.74, 6) is 1.14. The minimum Gasteiger partial charge on any atom is -0.356 e. The summed E-state index contributed by atoms with van der Waals surface area (Å²) >= 11 is 1.86. The Kier molecular flexibility index (Phi) is 11.8. The molecule has 0 aliphatic carbocycles. The zero-order chi connectivity index (χ0) is 18.8. The number of hydrogen-bond acceptors (Lipinski definition) is 3. The van der Waals surface area contributed by atoms with Gasteiger partial charge in [-0.05, 0) is 31.4 Å². The van der Waals surface area contributed by atoms with Crippen LogP contribution < -0.4 is 10.6 Å². The molecule has 0 spiro atoms. The Morgan fingerprint density at radius 3 is 2.63 bits per heavy atom. The summed E-state index contributed by atoms with van der Waals surface area (Å²) in [4.78, 5) is 19.6. The number of guanidine groups is 1. The largest absolute Gasteiger partial charge is 0.356 e. The minimum absolute atomic E-state index is 0. The van der Waals surface area contributed by atoms with Crippen molar-refractivity contribution < 1.29 is 4.79 Å². The SMILES string of the molecule is CCC(CCNC(=NC)NCC(C)Sc1ccccc1)N1CCCC1=O.I. The third kappa shape index (κ3) is 8.29. The van der Waals surface area contributed by atoms with Gasteiger partial charge in [-0.3, -0.25) is 9.79 Å². The van der Waals surface area contributed by atoms with Gasteiger partial charge in [0.15, 0.2) is 5.96 Å². The molecule has 2 unspecified atom stereocenters. The first-order valence-corrected chi connectivity index (χ1v) is 10.5. The number of nitrogens with zero attached hydrogens (tertiary/aromatic N) is 2. The predicted octanol–water partition coefficient (Wildman–Crippen LogP) is 3.74. The lowest BCUT2D eigenvalue weighted by molar-refractivity contribution is -0.129. The van der Waals surface area contributed by atoms with Crippen molar-refractivity contribution >= 4 is 47.6 Å². The highest BCUT2D eigenvalue weighted by atomic mass is 127. The summed E-state index contributed by atoms with van der Waals surface area (Å²) in [6.07, 6.45) is 3.68. The molecule has 0 saturated carbocycles. The maximum atomic E-state index is 11.9. The van der Waals surface area contributed by atoms with Gasteiger partial charge < -0.3 is 15.5 Å². The normalized spacial score (nSPS) is 16.6. The van der Waals surface area contributed by atoms with E-state index in [-0.39, 0.29) is 24.0 Å². The number of nitrogens with one attached hydrogen (secondary N) is 2. The molecule has 2 rings (SSSR count). The first-order chi connectivity index (χ1) is 12.6. The molecule has 152 valence electrons. The lowest BCUT2D eigenvalue weighted by Crippen LogP contribution is -2.43. The van der Waals surface area contributed by atoms with Crippen LogP contribution in [0.4, 0.5) is 0 Å². The van der Waals surface area contributed by atoms with Crippen molar-refractivity contribution in [2.45, 2.75) is 55.7 Å². The number of likely N-dealkylation sites (tertiary alicyclic amines) is 1. The van der Waals surface area contributed by atoms with Crippen molar-refractivity contribution in [3.05, 3.63) is 30.3 Å². The van der Waals surface area contributed by atoms with Gasteiger partial charge in [0, 0.05) is 49.3 Å². The average Bonchev–Trinajstić information content (AvgIpc) is 3.08. The van der Waals surface area contributed by atoms with Crippen LogP contribution in [0.2, 0.25) is 0 Å². The molecule has 5 nitrogen and oxygen atoms in total. The van der Waals surface area contributed by atoms with E-state index in [2.05, 4.69) is 58.6 Å². The van der Waals surface area contributed by atoms with Gasteiger partial charge in [0.2, 0.25) is 5.91 Å². The molecule has 2 atom stereocenters. The van der Waals surface area contributed by atoms with Crippen molar-refractivity contribution in [2.24, 2.45) is 4.99 Å². The number of hydrogen-bond donors (Lipinski definition) is 2. The Morgan fingerprint density at radius 2 is 2.04 bits per heavy atom. The van der Waals surface area contributed by atoms with Crippen molar-refractivity contribution in [2.75, 3.05) is 26.7 Å². The van der Waals surface area contributed by atoms with E-state index in [0.29, 0.717) is 23.6 Å². The predicted molar refractivity (Wildman–Crippen MR) is 126 cm³/mol. The third-order valence-electron chi connectivity index (χ3n) is 4.65. The quantitative estimate of drug-likeness (QED) is 0.233. The Morgan fingerprint density at radius 1 is 1.30 bits per heavy atom. The lowest BCUT2D eigenvalue weighted by atomic mass is 10.1. The molecule has 1 saturated heterocycles. The summed E-state index contributed by atoms with van der Waals surface area (Å²) in [6.45, 7) is 6.96. The number of carbonyl (C=O) groups excluding carboxylic acids is 1. The zero-order valence-electron chi connectivity index (χ0n) is 16.6. The molecule has 7 heteroatoms. The minimum atomic E-state index is 0. The Balaban J connectivity index is 0.00000364. The van der Waals surface area contributed by atoms with Gasteiger partial charge in [-0.2, -0.15) is 0 Å². The maximum Gasteiger partial charge on any atom is 0.222 e. The van der Waals surface area contributed by atoms with Gasteiger partial charge in [-0.25, -0.2) is 0 Å². The van der Waals surface area contributed by atoms with Gasteiger partial charge in [0.05, 0.1) is 0 Å². The molecule has 2 N–H and O–H groups in total. The Hall–Kier alpha value is -0.960. The standard InChI is InChI=1S/C20H32N4OS.HI/c1-4-17(24-14-8-11-19(24)25)12-13-22-20(21-3)23-15-16(2)26-18-9-6-5-7-10-18;/h5-7,9-10,16-17H,4,8,11-15H2,1-3H3,(H2,21,22,23);1H. The number of thioether (sulfide) groups is 1. The fraction of sp³-hybridized carbons (Fsp3) is 0.600. The van der Waals surface area contributed by atoms with Crippen LogP contribution in [0.3, 0.4) is 0 Å². The van der Waals surface area contributed by atoms with Crippen LogP contribution in [-0.2, 0) is 4.79 Å². The van der Waals surface area contributed by atoms with Crippen molar-refractivity contribution in [3.8, 4) is 0 Å². The van der Waals surface area contributed by atoms with Crippen molar-refractivity contribution in [1.29, 1.82) is 0 Å². The van der Waals surface area contributed by atoms with Crippen LogP contribution in [0.25, 0.3) is 0 Å². The smallest absolute Gasteiger partial charge is 0.222 e. The summed E-state index contributed by atoms with van der Waals surface area (Å²) in [6, 6.07) is 10.8. The first kappa shape index (κ1) is 24.1. The molecule has 1 aliphatic heterocycles. The highest BCUT2D eigenvalue weighted by Crippen LogP contribution is 2.22. The topological polar surface area (TPSA) is 56.7 Å². The maximum absolute atomic E-state index is 11.9. The van der Waals surface area contributed by atoms with E-state index in [1.54, 1.807) is 7.05 Å². The third-order valence-corrected chi connectivity index (χ3v) is 5.77. The van der Waals surface area contributed by atoms with Gasteiger partial charge in [-0.15, -0.1) is 35.7 Å². The molecule has 1 aromatic rings. The van der Waals surface area contributed by atoms with Crippen LogP contribution in [0.5, 0.6) is 0 Å². The molecule has 1 aliphatic rings. The van der Waals surface area contributed by atoms with Crippen LogP contribution in [0.1, 0.15) is 39.5 Å². The van der Waals surface area contributed by atoms with Crippen LogP contribution in [-0.4, -0.2) is 54.7 Å². The number of benzene rings is 1. The lowest BCUT2D eigenvalue weighted by Gasteiger charge is -2.27. The number of carbonyl (C=O) groups is 1. The van der Waals surface area contributed by atoms with E-state index in [0.717, 1.165) is 44.9 Å².